The number of likely N-dealkylation sites (tertiary alicyclic amines) is 1. The molecule has 0 aromatic carbocycles. The Kier molecular flexibility index (Phi) is 3.77. The van der Waals surface area contributed by atoms with Crippen LogP contribution < -0.4 is 0 Å². The Labute approximate surface area is 124 Å². The van der Waals surface area contributed by atoms with Crippen molar-refractivity contribution in [3.05, 3.63) is 35.4 Å². The first kappa shape index (κ1) is 13.9. The third kappa shape index (κ3) is 2.84. The van der Waals surface area contributed by atoms with Gasteiger partial charge in [-0.3, -0.25) is 14.6 Å². The first-order chi connectivity index (χ1) is 10.1. The molecular formula is C15H21N5O. The number of aryl methyl sites for hydroxylation is 2. The summed E-state index contributed by atoms with van der Waals surface area (Å²) in [5.41, 5.74) is 3.43. The van der Waals surface area contributed by atoms with Gasteiger partial charge in [-0.1, -0.05) is 0 Å². The van der Waals surface area contributed by atoms with Gasteiger partial charge in [-0.15, -0.1) is 0 Å². The third-order valence-corrected chi connectivity index (χ3v) is 4.45. The molecule has 6 heteroatoms. The number of amides is 1. The van der Waals surface area contributed by atoms with Crippen LogP contribution in [0.3, 0.4) is 0 Å². The lowest BCUT2D eigenvalue weighted by Crippen LogP contribution is -2.28. The van der Waals surface area contributed by atoms with Crippen molar-refractivity contribution >= 4 is 5.91 Å². The average Bonchev–Trinajstić information content (AvgIpc) is 3.19. The fourth-order valence-corrected chi connectivity index (χ4v) is 2.92. The largest absolute Gasteiger partial charge is 0.342 e. The average molecular weight is 287 g/mol. The molecule has 2 aromatic rings. The highest BCUT2D eigenvalue weighted by atomic mass is 16.2. The van der Waals surface area contributed by atoms with Crippen LogP contribution in [0.5, 0.6) is 0 Å². The first-order valence-corrected chi connectivity index (χ1v) is 7.39. The molecule has 6 nitrogen and oxygen atoms in total. The van der Waals surface area contributed by atoms with Gasteiger partial charge in [0.15, 0.2) is 0 Å². The fraction of sp³-hybridized carbons (Fsp3) is 0.533. The summed E-state index contributed by atoms with van der Waals surface area (Å²) in [4.78, 5) is 14.3. The Balaban J connectivity index is 1.54. The van der Waals surface area contributed by atoms with Crippen molar-refractivity contribution in [2.45, 2.75) is 32.1 Å². The summed E-state index contributed by atoms with van der Waals surface area (Å²) in [6.07, 6.45) is 5.97. The first-order valence-electron chi connectivity index (χ1n) is 7.39. The van der Waals surface area contributed by atoms with Crippen LogP contribution in [0.4, 0.5) is 0 Å². The van der Waals surface area contributed by atoms with Crippen LogP contribution in [-0.4, -0.2) is 43.9 Å². The quantitative estimate of drug-likeness (QED) is 0.924. The van der Waals surface area contributed by atoms with Gasteiger partial charge in [0, 0.05) is 50.1 Å². The number of nitrogens with zero attached hydrogens (tertiary/aromatic N) is 4. The van der Waals surface area contributed by atoms with Gasteiger partial charge in [0.2, 0.25) is 5.91 Å². The molecule has 3 heterocycles. The second kappa shape index (κ2) is 5.71. The molecule has 0 saturated carbocycles. The summed E-state index contributed by atoms with van der Waals surface area (Å²) < 4.78 is 1.85. The maximum atomic E-state index is 12.3. The molecule has 21 heavy (non-hydrogen) atoms. The zero-order valence-electron chi connectivity index (χ0n) is 12.5. The van der Waals surface area contributed by atoms with Crippen LogP contribution in [0, 0.1) is 6.92 Å². The summed E-state index contributed by atoms with van der Waals surface area (Å²) in [6, 6.07) is 2.00. The van der Waals surface area contributed by atoms with E-state index in [0.717, 1.165) is 42.9 Å². The number of hydrogen-bond donors (Lipinski definition) is 1. The van der Waals surface area contributed by atoms with Crippen molar-refractivity contribution in [1.82, 2.24) is 24.9 Å². The Hall–Kier alpha value is -2.11. The Bertz CT molecular complexity index is 616. The number of aromatic nitrogens is 4. The summed E-state index contributed by atoms with van der Waals surface area (Å²) in [7, 11) is 1.93. The SMILES string of the molecule is Cc1c(CCC(=O)N2CCC(c3ccn[nH]3)C2)cnn1C. The molecule has 0 bridgehead atoms. The molecule has 1 aliphatic rings. The molecule has 2 aromatic heterocycles. The van der Waals surface area contributed by atoms with Gasteiger partial charge in [0.05, 0.1) is 6.20 Å². The van der Waals surface area contributed by atoms with Crippen LogP contribution >= 0.6 is 0 Å². The molecular weight excluding hydrogens is 266 g/mol. The number of rotatable bonds is 4. The molecule has 0 aliphatic carbocycles. The summed E-state index contributed by atoms with van der Waals surface area (Å²) in [5.74, 6) is 0.636. The minimum Gasteiger partial charge on any atom is -0.342 e. The number of nitrogens with one attached hydrogen (secondary N) is 1. The van der Waals surface area contributed by atoms with Crippen LogP contribution in [0.25, 0.3) is 0 Å². The molecule has 3 rings (SSSR count). The maximum absolute atomic E-state index is 12.3. The van der Waals surface area contributed by atoms with Gasteiger partial charge < -0.3 is 4.90 Å². The van der Waals surface area contributed by atoms with Crippen molar-refractivity contribution in [2.24, 2.45) is 7.05 Å². The smallest absolute Gasteiger partial charge is 0.222 e. The van der Waals surface area contributed by atoms with Gasteiger partial charge in [-0.05, 0) is 31.4 Å². The molecule has 1 amide bonds. The summed E-state index contributed by atoms with van der Waals surface area (Å²) in [6.45, 7) is 3.68. The second-order valence-corrected chi connectivity index (χ2v) is 5.72. The van der Waals surface area contributed by atoms with Crippen LogP contribution in [-0.2, 0) is 18.3 Å². The highest BCUT2D eigenvalue weighted by Crippen LogP contribution is 2.26. The molecule has 112 valence electrons. The van der Waals surface area contributed by atoms with E-state index in [-0.39, 0.29) is 5.91 Å². The van der Waals surface area contributed by atoms with Gasteiger partial charge in [0.25, 0.3) is 0 Å². The van der Waals surface area contributed by atoms with E-state index in [1.54, 1.807) is 6.20 Å². The van der Waals surface area contributed by atoms with Gasteiger partial charge in [-0.2, -0.15) is 10.2 Å². The number of H-pyrrole nitrogens is 1. The Morgan fingerprint density at radius 2 is 2.38 bits per heavy atom. The van der Waals surface area contributed by atoms with E-state index in [0.29, 0.717) is 12.3 Å². The fourth-order valence-electron chi connectivity index (χ4n) is 2.92. The predicted octanol–water partition coefficient (Wildman–Crippen LogP) is 1.40. The number of carbonyl (C=O) groups excluding carboxylic acids is 1. The summed E-state index contributed by atoms with van der Waals surface area (Å²) in [5, 5.41) is 11.2. The molecule has 0 spiro atoms. The second-order valence-electron chi connectivity index (χ2n) is 5.72. The van der Waals surface area contributed by atoms with Gasteiger partial charge >= 0.3 is 0 Å². The van der Waals surface area contributed by atoms with Crippen molar-refractivity contribution in [2.75, 3.05) is 13.1 Å². The van der Waals surface area contributed by atoms with E-state index in [4.69, 9.17) is 0 Å². The van der Waals surface area contributed by atoms with Crippen LogP contribution in [0.15, 0.2) is 18.5 Å². The molecule has 0 radical (unpaired) electrons. The molecule has 1 N–H and O–H groups in total. The highest BCUT2D eigenvalue weighted by molar-refractivity contribution is 5.76. The van der Waals surface area contributed by atoms with Crippen LogP contribution in [0.2, 0.25) is 0 Å². The molecule has 1 aliphatic heterocycles. The lowest BCUT2D eigenvalue weighted by atomic mass is 10.1. The van der Waals surface area contributed by atoms with E-state index >= 15 is 0 Å². The van der Waals surface area contributed by atoms with E-state index in [1.165, 1.54) is 0 Å². The van der Waals surface area contributed by atoms with E-state index < -0.39 is 0 Å². The molecule has 1 fully saturated rings. The van der Waals surface area contributed by atoms with Gasteiger partial charge in [0.1, 0.15) is 0 Å². The van der Waals surface area contributed by atoms with Crippen LogP contribution in [0.1, 0.15) is 35.7 Å². The van der Waals surface area contributed by atoms with E-state index in [2.05, 4.69) is 15.3 Å². The Morgan fingerprint density at radius 3 is 3.05 bits per heavy atom. The lowest BCUT2D eigenvalue weighted by Gasteiger charge is -2.16. The molecule has 1 saturated heterocycles. The zero-order chi connectivity index (χ0) is 14.8. The number of carbonyl (C=O) groups is 1. The zero-order valence-corrected chi connectivity index (χ0v) is 12.5. The molecule has 1 unspecified atom stereocenters. The predicted molar refractivity (Wildman–Crippen MR) is 78.8 cm³/mol. The standard InChI is InChI=1S/C15H21N5O/c1-11-12(9-17-19(11)2)3-4-15(21)20-8-6-13(10-20)14-5-7-16-18-14/h5,7,9,13H,3-4,6,8,10H2,1-2H3,(H,16,18). The number of hydrogen-bond acceptors (Lipinski definition) is 3. The maximum Gasteiger partial charge on any atom is 0.222 e. The van der Waals surface area contributed by atoms with Crippen molar-refractivity contribution in [3.63, 3.8) is 0 Å². The van der Waals surface area contributed by atoms with E-state index in [1.807, 2.05) is 35.8 Å². The Morgan fingerprint density at radius 1 is 1.52 bits per heavy atom. The lowest BCUT2D eigenvalue weighted by molar-refractivity contribution is -0.130. The monoisotopic (exact) mass is 287 g/mol. The normalized spacial score (nSPS) is 18.4. The minimum absolute atomic E-state index is 0.236. The van der Waals surface area contributed by atoms with E-state index in [9.17, 15) is 4.79 Å². The number of aromatic amines is 1. The minimum atomic E-state index is 0.236. The van der Waals surface area contributed by atoms with Crippen molar-refractivity contribution < 1.29 is 4.79 Å². The topological polar surface area (TPSA) is 66.8 Å². The van der Waals surface area contributed by atoms with Crippen molar-refractivity contribution in [1.29, 1.82) is 0 Å². The molecule has 1 atom stereocenters. The highest BCUT2D eigenvalue weighted by Gasteiger charge is 2.27. The third-order valence-electron chi connectivity index (χ3n) is 4.45. The van der Waals surface area contributed by atoms with Gasteiger partial charge in [-0.25, -0.2) is 0 Å². The summed E-state index contributed by atoms with van der Waals surface area (Å²) >= 11 is 0. The van der Waals surface area contributed by atoms with Crippen molar-refractivity contribution in [3.8, 4) is 0 Å².